The molecule has 0 aliphatic carbocycles. The SMILES string of the molecule is CCC1CCCCN1Cc1cc(=O)c(O)cn1CC(=O)O. The third-order valence-corrected chi connectivity index (χ3v) is 4.09. The van der Waals surface area contributed by atoms with Crippen molar-refractivity contribution in [2.24, 2.45) is 0 Å². The van der Waals surface area contributed by atoms with Gasteiger partial charge in [0.2, 0.25) is 5.43 Å². The van der Waals surface area contributed by atoms with Crippen molar-refractivity contribution in [3.8, 4) is 5.75 Å². The van der Waals surface area contributed by atoms with Gasteiger partial charge in [0.05, 0.1) is 6.20 Å². The second kappa shape index (κ2) is 6.76. The maximum absolute atomic E-state index is 11.6. The number of nitrogens with zero attached hydrogens (tertiary/aromatic N) is 2. The van der Waals surface area contributed by atoms with Gasteiger partial charge < -0.3 is 14.8 Å². The molecule has 0 amide bonds. The monoisotopic (exact) mass is 294 g/mol. The molecule has 2 N–H and O–H groups in total. The minimum Gasteiger partial charge on any atom is -0.503 e. The average molecular weight is 294 g/mol. The fourth-order valence-electron chi connectivity index (χ4n) is 2.97. The van der Waals surface area contributed by atoms with Crippen molar-refractivity contribution < 1.29 is 15.0 Å². The lowest BCUT2D eigenvalue weighted by atomic mass is 10.00. The number of likely N-dealkylation sites (tertiary alicyclic amines) is 1. The molecular weight excluding hydrogens is 272 g/mol. The molecule has 1 aromatic rings. The van der Waals surface area contributed by atoms with Gasteiger partial charge in [-0.3, -0.25) is 14.5 Å². The molecule has 6 nitrogen and oxygen atoms in total. The first-order valence-corrected chi connectivity index (χ1v) is 7.39. The first-order valence-electron chi connectivity index (χ1n) is 7.39. The van der Waals surface area contributed by atoms with Crippen LogP contribution in [0.15, 0.2) is 17.1 Å². The molecule has 1 unspecified atom stereocenters. The Hall–Kier alpha value is -1.82. The van der Waals surface area contributed by atoms with Crippen LogP contribution in [0.25, 0.3) is 0 Å². The van der Waals surface area contributed by atoms with Crippen LogP contribution in [0.3, 0.4) is 0 Å². The number of aromatic nitrogens is 1. The van der Waals surface area contributed by atoms with Gasteiger partial charge in [0.1, 0.15) is 6.54 Å². The Balaban J connectivity index is 2.26. The van der Waals surface area contributed by atoms with E-state index in [1.54, 1.807) is 0 Å². The van der Waals surface area contributed by atoms with Crippen LogP contribution in [0.5, 0.6) is 5.75 Å². The van der Waals surface area contributed by atoms with Crippen molar-refractivity contribution >= 4 is 5.97 Å². The van der Waals surface area contributed by atoms with E-state index in [0.717, 1.165) is 25.8 Å². The summed E-state index contributed by atoms with van der Waals surface area (Å²) >= 11 is 0. The summed E-state index contributed by atoms with van der Waals surface area (Å²) in [7, 11) is 0. The van der Waals surface area contributed by atoms with E-state index >= 15 is 0 Å². The van der Waals surface area contributed by atoms with E-state index < -0.39 is 17.1 Å². The van der Waals surface area contributed by atoms with Crippen LogP contribution in [-0.4, -0.2) is 38.2 Å². The van der Waals surface area contributed by atoms with Crippen LogP contribution < -0.4 is 5.43 Å². The van der Waals surface area contributed by atoms with Crippen LogP contribution in [0, 0.1) is 0 Å². The van der Waals surface area contributed by atoms with E-state index in [4.69, 9.17) is 5.11 Å². The van der Waals surface area contributed by atoms with Crippen LogP contribution in [0.2, 0.25) is 0 Å². The molecule has 6 heteroatoms. The topological polar surface area (TPSA) is 82.8 Å². The first-order chi connectivity index (χ1) is 10.0. The standard InChI is InChI=1S/C15H22N2O4/c1-2-11-5-3-4-6-16(11)8-12-7-13(18)14(19)9-17(12)10-15(20)21/h7,9,11,19H,2-6,8,10H2,1H3,(H,20,21). The summed E-state index contributed by atoms with van der Waals surface area (Å²) in [4.78, 5) is 24.9. The highest BCUT2D eigenvalue weighted by atomic mass is 16.4. The maximum atomic E-state index is 11.6. The van der Waals surface area contributed by atoms with Crippen molar-refractivity contribution in [1.82, 2.24) is 9.47 Å². The van der Waals surface area contributed by atoms with Crippen molar-refractivity contribution in [2.45, 2.75) is 51.7 Å². The maximum Gasteiger partial charge on any atom is 0.323 e. The minimum absolute atomic E-state index is 0.256. The number of aliphatic carboxylic acids is 1. The molecule has 1 aliphatic rings. The molecule has 0 saturated carbocycles. The van der Waals surface area contributed by atoms with Crippen molar-refractivity contribution in [1.29, 1.82) is 0 Å². The number of aromatic hydroxyl groups is 1. The third kappa shape index (κ3) is 3.85. The van der Waals surface area contributed by atoms with Gasteiger partial charge in [-0.15, -0.1) is 0 Å². The smallest absolute Gasteiger partial charge is 0.323 e. The average Bonchev–Trinajstić information content (AvgIpc) is 2.44. The van der Waals surface area contributed by atoms with Gasteiger partial charge in [0, 0.05) is 24.3 Å². The number of hydrogen-bond donors (Lipinski definition) is 2. The molecule has 0 aromatic carbocycles. The Labute approximate surface area is 123 Å². The number of carboxylic acids is 1. The molecule has 2 rings (SSSR count). The van der Waals surface area contributed by atoms with E-state index in [1.807, 2.05) is 0 Å². The molecule has 0 bridgehead atoms. The zero-order chi connectivity index (χ0) is 15.4. The zero-order valence-electron chi connectivity index (χ0n) is 12.3. The molecule has 1 fully saturated rings. The molecule has 21 heavy (non-hydrogen) atoms. The second-order valence-electron chi connectivity index (χ2n) is 5.56. The predicted molar refractivity (Wildman–Crippen MR) is 78.3 cm³/mol. The van der Waals surface area contributed by atoms with Crippen molar-refractivity contribution in [2.75, 3.05) is 6.54 Å². The molecule has 1 atom stereocenters. The van der Waals surface area contributed by atoms with Crippen molar-refractivity contribution in [3.63, 3.8) is 0 Å². The quantitative estimate of drug-likeness (QED) is 0.858. The number of carboxylic acid groups (broad SMARTS) is 1. The van der Waals surface area contributed by atoms with Gasteiger partial charge in [0.25, 0.3) is 0 Å². The van der Waals surface area contributed by atoms with Gasteiger partial charge in [-0.25, -0.2) is 0 Å². The highest BCUT2D eigenvalue weighted by molar-refractivity contribution is 5.66. The van der Waals surface area contributed by atoms with Gasteiger partial charge in [-0.1, -0.05) is 13.3 Å². The van der Waals surface area contributed by atoms with Crippen molar-refractivity contribution in [3.05, 3.63) is 28.2 Å². The predicted octanol–water partition coefficient (Wildman–Crippen LogP) is 1.40. The highest BCUT2D eigenvalue weighted by Crippen LogP contribution is 2.21. The fraction of sp³-hybridized carbons (Fsp3) is 0.600. The van der Waals surface area contributed by atoms with E-state index in [9.17, 15) is 14.7 Å². The Morgan fingerprint density at radius 2 is 2.19 bits per heavy atom. The molecule has 1 saturated heterocycles. The summed E-state index contributed by atoms with van der Waals surface area (Å²) in [6, 6.07) is 1.82. The summed E-state index contributed by atoms with van der Waals surface area (Å²) in [5.41, 5.74) is 0.178. The van der Waals surface area contributed by atoms with Crippen LogP contribution in [0.4, 0.5) is 0 Å². The molecule has 1 aromatic heterocycles. The Morgan fingerprint density at radius 1 is 1.43 bits per heavy atom. The Bertz CT molecular complexity index is 567. The van der Waals surface area contributed by atoms with Gasteiger partial charge in [-0.05, 0) is 25.8 Å². The molecule has 2 heterocycles. The molecule has 116 valence electrons. The minimum atomic E-state index is -0.995. The second-order valence-corrected chi connectivity index (χ2v) is 5.56. The Kier molecular flexibility index (Phi) is 5.01. The lowest BCUT2D eigenvalue weighted by molar-refractivity contribution is -0.137. The number of carbonyl (C=O) groups is 1. The first kappa shape index (κ1) is 15.6. The lowest BCUT2D eigenvalue weighted by Gasteiger charge is -2.35. The fourth-order valence-corrected chi connectivity index (χ4v) is 2.97. The molecular formula is C15H22N2O4. The molecule has 0 spiro atoms. The van der Waals surface area contributed by atoms with Gasteiger partial charge >= 0.3 is 5.97 Å². The van der Waals surface area contributed by atoms with Gasteiger partial charge in [-0.2, -0.15) is 0 Å². The molecule has 1 aliphatic heterocycles. The number of piperidine rings is 1. The number of hydrogen-bond acceptors (Lipinski definition) is 4. The zero-order valence-corrected chi connectivity index (χ0v) is 12.3. The van der Waals surface area contributed by atoms with E-state index in [-0.39, 0.29) is 6.54 Å². The van der Waals surface area contributed by atoms with Crippen LogP contribution >= 0.6 is 0 Å². The highest BCUT2D eigenvalue weighted by Gasteiger charge is 2.22. The number of pyridine rings is 1. The van der Waals surface area contributed by atoms with Crippen LogP contribution in [0.1, 0.15) is 38.3 Å². The summed E-state index contributed by atoms with van der Waals surface area (Å²) in [5.74, 6) is -1.41. The number of rotatable bonds is 5. The summed E-state index contributed by atoms with van der Waals surface area (Å²) in [6.45, 7) is 3.39. The summed E-state index contributed by atoms with van der Waals surface area (Å²) in [5, 5.41) is 18.5. The summed E-state index contributed by atoms with van der Waals surface area (Å²) in [6.07, 6.45) is 5.74. The van der Waals surface area contributed by atoms with E-state index in [1.165, 1.54) is 23.3 Å². The third-order valence-electron chi connectivity index (χ3n) is 4.09. The van der Waals surface area contributed by atoms with Gasteiger partial charge in [0.15, 0.2) is 5.75 Å². The largest absolute Gasteiger partial charge is 0.503 e. The van der Waals surface area contributed by atoms with E-state index in [2.05, 4.69) is 11.8 Å². The molecule has 0 radical (unpaired) electrons. The Morgan fingerprint density at radius 3 is 2.86 bits per heavy atom. The normalized spacial score (nSPS) is 19.6. The van der Waals surface area contributed by atoms with E-state index in [0.29, 0.717) is 18.3 Å². The summed E-state index contributed by atoms with van der Waals surface area (Å²) < 4.78 is 1.44. The van der Waals surface area contributed by atoms with Crippen LogP contribution in [-0.2, 0) is 17.9 Å². The lowest BCUT2D eigenvalue weighted by Crippen LogP contribution is -2.39.